The van der Waals surface area contributed by atoms with Crippen LogP contribution in [0.5, 0.6) is 5.75 Å². The molecule has 4 rings (SSSR count). The molecule has 1 amide bonds. The zero-order chi connectivity index (χ0) is 22.6. The van der Waals surface area contributed by atoms with E-state index in [-0.39, 0.29) is 16.9 Å². The number of rotatable bonds is 7. The fourth-order valence-electron chi connectivity index (χ4n) is 3.76. The van der Waals surface area contributed by atoms with Gasteiger partial charge in [0, 0.05) is 44.0 Å². The van der Waals surface area contributed by atoms with Crippen molar-refractivity contribution in [3.63, 3.8) is 0 Å². The third-order valence-electron chi connectivity index (χ3n) is 5.79. The maximum absolute atomic E-state index is 12.8. The fourth-order valence-corrected chi connectivity index (χ4v) is 5.18. The topological polar surface area (TPSA) is 88.2 Å². The van der Waals surface area contributed by atoms with Crippen molar-refractivity contribution >= 4 is 21.6 Å². The van der Waals surface area contributed by atoms with Gasteiger partial charge >= 0.3 is 0 Å². The molecule has 1 unspecified atom stereocenters. The number of piperazine rings is 1. The molecular formula is C23H29N3O5S. The van der Waals surface area contributed by atoms with Gasteiger partial charge in [0.15, 0.2) is 0 Å². The number of carbonyl (C=O) groups is 1. The van der Waals surface area contributed by atoms with Crippen molar-refractivity contribution in [1.29, 1.82) is 0 Å². The first-order chi connectivity index (χ1) is 15.4. The molecule has 2 aliphatic heterocycles. The summed E-state index contributed by atoms with van der Waals surface area (Å²) in [5, 5.41) is 2.80. The Kier molecular flexibility index (Phi) is 7.10. The normalized spacial score (nSPS) is 20.2. The molecule has 1 N–H and O–H groups in total. The van der Waals surface area contributed by atoms with Crippen LogP contribution in [0.1, 0.15) is 23.2 Å². The van der Waals surface area contributed by atoms with Gasteiger partial charge in [0.25, 0.3) is 5.91 Å². The third kappa shape index (κ3) is 5.47. The molecule has 32 heavy (non-hydrogen) atoms. The molecule has 1 atom stereocenters. The van der Waals surface area contributed by atoms with E-state index < -0.39 is 10.0 Å². The number of amides is 1. The number of carbonyl (C=O) groups excluding carboxylic acids is 1. The lowest BCUT2D eigenvalue weighted by atomic mass is 10.2. The number of hydrogen-bond acceptors (Lipinski definition) is 6. The molecule has 2 aliphatic rings. The van der Waals surface area contributed by atoms with Crippen LogP contribution in [0.4, 0.5) is 5.69 Å². The molecule has 2 aromatic rings. The van der Waals surface area contributed by atoms with Crippen LogP contribution in [0.2, 0.25) is 0 Å². The quantitative estimate of drug-likeness (QED) is 0.684. The minimum Gasteiger partial charge on any atom is -0.491 e. The molecule has 172 valence electrons. The number of ether oxygens (including phenoxy) is 2. The summed E-state index contributed by atoms with van der Waals surface area (Å²) in [7, 11) is -1.55. The van der Waals surface area contributed by atoms with Gasteiger partial charge in [-0.05, 0) is 68.4 Å². The van der Waals surface area contributed by atoms with Gasteiger partial charge in [-0.15, -0.1) is 0 Å². The van der Waals surface area contributed by atoms with Crippen molar-refractivity contribution in [3.05, 3.63) is 54.1 Å². The lowest BCUT2D eigenvalue weighted by molar-refractivity contribution is 0.0679. The Labute approximate surface area is 189 Å². The van der Waals surface area contributed by atoms with Crippen LogP contribution in [0.25, 0.3) is 0 Å². The van der Waals surface area contributed by atoms with Crippen molar-refractivity contribution in [2.24, 2.45) is 0 Å². The van der Waals surface area contributed by atoms with Gasteiger partial charge in [0.05, 0.1) is 11.0 Å². The van der Waals surface area contributed by atoms with E-state index in [0.717, 1.165) is 19.4 Å². The average Bonchev–Trinajstić information content (AvgIpc) is 3.32. The highest BCUT2D eigenvalue weighted by Gasteiger charge is 2.27. The minimum absolute atomic E-state index is 0.140. The van der Waals surface area contributed by atoms with E-state index in [0.29, 0.717) is 49.8 Å². The highest BCUT2D eigenvalue weighted by molar-refractivity contribution is 7.89. The average molecular weight is 460 g/mol. The maximum Gasteiger partial charge on any atom is 0.255 e. The van der Waals surface area contributed by atoms with Crippen LogP contribution in [-0.4, -0.2) is 76.1 Å². The van der Waals surface area contributed by atoms with Crippen molar-refractivity contribution in [3.8, 4) is 5.75 Å². The number of likely N-dealkylation sites (N-methyl/N-ethyl adjacent to an activating group) is 1. The summed E-state index contributed by atoms with van der Waals surface area (Å²) >= 11 is 0. The van der Waals surface area contributed by atoms with Crippen LogP contribution in [-0.2, 0) is 14.8 Å². The van der Waals surface area contributed by atoms with Crippen LogP contribution in [0.3, 0.4) is 0 Å². The van der Waals surface area contributed by atoms with E-state index in [1.54, 1.807) is 36.4 Å². The number of benzene rings is 2. The molecule has 0 bridgehead atoms. The maximum atomic E-state index is 12.8. The standard InChI is InChI=1S/C23H29N3O5S/c1-25-12-14-26(15-13-25)32(28,29)22-10-6-19(7-11-22)24-23(27)18-4-8-20(9-5-18)31-17-21-3-2-16-30-21/h4-11,21H,2-3,12-17H2,1H3,(H,24,27). The number of hydrogen-bond donors (Lipinski definition) is 1. The molecular weight excluding hydrogens is 430 g/mol. The van der Waals surface area contributed by atoms with Crippen LogP contribution < -0.4 is 10.1 Å². The largest absolute Gasteiger partial charge is 0.491 e. The van der Waals surface area contributed by atoms with E-state index in [2.05, 4.69) is 10.2 Å². The molecule has 0 spiro atoms. The minimum atomic E-state index is -3.53. The molecule has 0 radical (unpaired) electrons. The Morgan fingerprint density at radius 2 is 1.75 bits per heavy atom. The first kappa shape index (κ1) is 22.7. The van der Waals surface area contributed by atoms with Crippen LogP contribution in [0.15, 0.2) is 53.4 Å². The second-order valence-corrected chi connectivity index (χ2v) is 10.1. The van der Waals surface area contributed by atoms with Gasteiger partial charge in [0.2, 0.25) is 10.0 Å². The zero-order valence-electron chi connectivity index (χ0n) is 18.2. The second kappa shape index (κ2) is 9.99. The molecule has 8 nitrogen and oxygen atoms in total. The number of nitrogens with one attached hydrogen (secondary N) is 1. The first-order valence-corrected chi connectivity index (χ1v) is 12.3. The van der Waals surface area contributed by atoms with Gasteiger partial charge in [-0.25, -0.2) is 8.42 Å². The van der Waals surface area contributed by atoms with Gasteiger partial charge in [0.1, 0.15) is 12.4 Å². The van der Waals surface area contributed by atoms with E-state index in [1.165, 1.54) is 16.4 Å². The molecule has 2 heterocycles. The molecule has 2 aromatic carbocycles. The number of nitrogens with zero attached hydrogens (tertiary/aromatic N) is 2. The molecule has 0 saturated carbocycles. The highest BCUT2D eigenvalue weighted by atomic mass is 32.2. The van der Waals surface area contributed by atoms with Crippen LogP contribution in [0, 0.1) is 0 Å². The van der Waals surface area contributed by atoms with Gasteiger partial charge < -0.3 is 19.7 Å². The number of anilines is 1. The SMILES string of the molecule is CN1CCN(S(=O)(=O)c2ccc(NC(=O)c3ccc(OCC4CCCO4)cc3)cc2)CC1. The zero-order valence-corrected chi connectivity index (χ0v) is 19.0. The summed E-state index contributed by atoms with van der Waals surface area (Å²) in [6, 6.07) is 13.2. The fraction of sp³-hybridized carbons (Fsp3) is 0.435. The molecule has 0 aliphatic carbocycles. The Balaban J connectivity index is 1.33. The molecule has 9 heteroatoms. The Morgan fingerprint density at radius 1 is 1.06 bits per heavy atom. The smallest absolute Gasteiger partial charge is 0.255 e. The Hall–Kier alpha value is -2.46. The van der Waals surface area contributed by atoms with Gasteiger partial charge in [-0.2, -0.15) is 4.31 Å². The monoisotopic (exact) mass is 459 g/mol. The molecule has 2 saturated heterocycles. The van der Waals surface area contributed by atoms with Gasteiger partial charge in [-0.3, -0.25) is 4.79 Å². The highest BCUT2D eigenvalue weighted by Crippen LogP contribution is 2.21. The van der Waals surface area contributed by atoms with E-state index >= 15 is 0 Å². The lowest BCUT2D eigenvalue weighted by Crippen LogP contribution is -2.46. The lowest BCUT2D eigenvalue weighted by Gasteiger charge is -2.31. The van der Waals surface area contributed by atoms with E-state index in [4.69, 9.17) is 9.47 Å². The van der Waals surface area contributed by atoms with E-state index in [9.17, 15) is 13.2 Å². The van der Waals surface area contributed by atoms with Crippen LogP contribution >= 0.6 is 0 Å². The predicted octanol–water partition coefficient (Wildman–Crippen LogP) is 2.43. The number of sulfonamides is 1. The Bertz CT molecular complexity index is 1010. The van der Waals surface area contributed by atoms with Gasteiger partial charge in [-0.1, -0.05) is 0 Å². The summed E-state index contributed by atoms with van der Waals surface area (Å²) in [6.07, 6.45) is 2.22. The summed E-state index contributed by atoms with van der Waals surface area (Å²) in [4.78, 5) is 14.9. The third-order valence-corrected chi connectivity index (χ3v) is 7.70. The summed E-state index contributed by atoms with van der Waals surface area (Å²) in [5.74, 6) is 0.417. The summed E-state index contributed by atoms with van der Waals surface area (Å²) in [6.45, 7) is 3.68. The van der Waals surface area contributed by atoms with Crippen molar-refractivity contribution in [1.82, 2.24) is 9.21 Å². The Morgan fingerprint density at radius 3 is 2.38 bits per heavy atom. The summed E-state index contributed by atoms with van der Waals surface area (Å²) < 4.78 is 38.4. The second-order valence-electron chi connectivity index (χ2n) is 8.16. The van der Waals surface area contributed by atoms with Crippen molar-refractivity contribution in [2.75, 3.05) is 51.8 Å². The molecule has 0 aromatic heterocycles. The first-order valence-electron chi connectivity index (χ1n) is 10.9. The van der Waals surface area contributed by atoms with Crippen molar-refractivity contribution in [2.45, 2.75) is 23.8 Å². The summed E-state index contributed by atoms with van der Waals surface area (Å²) in [5.41, 5.74) is 1.02. The predicted molar refractivity (Wildman–Crippen MR) is 122 cm³/mol. The van der Waals surface area contributed by atoms with E-state index in [1.807, 2.05) is 7.05 Å². The molecule has 2 fully saturated rings. The van der Waals surface area contributed by atoms with Crippen molar-refractivity contribution < 1.29 is 22.7 Å².